The van der Waals surface area contributed by atoms with E-state index in [9.17, 15) is 4.79 Å². The number of amides is 1. The molecule has 0 aromatic carbocycles. The van der Waals surface area contributed by atoms with Crippen molar-refractivity contribution in [2.45, 2.75) is 56.5 Å². The molecule has 3 heterocycles. The van der Waals surface area contributed by atoms with Gasteiger partial charge in [0.15, 0.2) is 5.82 Å². The Morgan fingerprint density at radius 1 is 1.30 bits per heavy atom. The van der Waals surface area contributed by atoms with E-state index >= 15 is 0 Å². The highest BCUT2D eigenvalue weighted by Gasteiger charge is 2.33. The first-order valence-corrected chi connectivity index (χ1v) is 11.6. The van der Waals surface area contributed by atoms with Gasteiger partial charge in [-0.1, -0.05) is 13.3 Å². The minimum Gasteiger partial charge on any atom is -0.480 e. The minimum absolute atomic E-state index is 0.264. The summed E-state index contributed by atoms with van der Waals surface area (Å²) in [5, 5.41) is 0.869. The smallest absolute Gasteiger partial charge is 0.410 e. The Kier molecular flexibility index (Phi) is 6.36. The van der Waals surface area contributed by atoms with Gasteiger partial charge in [0.1, 0.15) is 16.9 Å². The minimum atomic E-state index is -0.264. The number of ether oxygens (including phenoxy) is 2. The molecule has 1 aliphatic heterocycles. The summed E-state index contributed by atoms with van der Waals surface area (Å²) in [6.07, 6.45) is 8.04. The van der Waals surface area contributed by atoms with Crippen molar-refractivity contribution in [3.05, 3.63) is 23.3 Å². The topological polar surface area (TPSA) is 90.3 Å². The fraction of sp³-hybridized carbons (Fsp3) is 0.571. The first kappa shape index (κ1) is 20.8. The summed E-state index contributed by atoms with van der Waals surface area (Å²) < 4.78 is 10.9. The molecular formula is C21H27N5O3S. The zero-order chi connectivity index (χ0) is 21.1. The van der Waals surface area contributed by atoms with Crippen LogP contribution in [0.5, 0.6) is 5.88 Å². The number of rotatable bonds is 7. The number of hydrogen-bond acceptors (Lipinski definition) is 8. The van der Waals surface area contributed by atoms with Crippen LogP contribution in [0.4, 0.5) is 4.79 Å². The molecule has 1 amide bonds. The summed E-state index contributed by atoms with van der Waals surface area (Å²) in [5.74, 6) is 1.54. The van der Waals surface area contributed by atoms with Crippen molar-refractivity contribution in [1.82, 2.24) is 24.8 Å². The summed E-state index contributed by atoms with van der Waals surface area (Å²) >= 11 is 1.56. The third-order valence-electron chi connectivity index (χ3n) is 5.42. The lowest BCUT2D eigenvalue weighted by molar-refractivity contribution is 0.0959. The van der Waals surface area contributed by atoms with Crippen LogP contribution in [0.15, 0.2) is 11.4 Å². The fourth-order valence-corrected chi connectivity index (χ4v) is 4.24. The number of thioether (sulfide) groups is 1. The number of unbranched alkanes of at least 4 members (excludes halogenated alkanes) is 1. The summed E-state index contributed by atoms with van der Waals surface area (Å²) in [7, 11) is 1.61. The molecule has 0 atom stereocenters. The van der Waals surface area contributed by atoms with Crippen molar-refractivity contribution in [3.8, 4) is 17.3 Å². The van der Waals surface area contributed by atoms with Gasteiger partial charge in [-0.3, -0.25) is 0 Å². The van der Waals surface area contributed by atoms with Crippen LogP contribution in [0.2, 0.25) is 0 Å². The van der Waals surface area contributed by atoms with E-state index in [2.05, 4.69) is 16.9 Å². The quantitative estimate of drug-likeness (QED) is 0.373. The van der Waals surface area contributed by atoms with Gasteiger partial charge in [0.2, 0.25) is 5.88 Å². The van der Waals surface area contributed by atoms with Crippen molar-refractivity contribution < 1.29 is 14.3 Å². The van der Waals surface area contributed by atoms with Crippen LogP contribution in [0.1, 0.15) is 55.5 Å². The van der Waals surface area contributed by atoms with Crippen LogP contribution in [-0.4, -0.2) is 57.4 Å². The Hall–Kier alpha value is -2.42. The summed E-state index contributed by atoms with van der Waals surface area (Å²) in [6.45, 7) is 3.59. The van der Waals surface area contributed by atoms with E-state index < -0.39 is 0 Å². The molecule has 0 unspecified atom stereocenters. The first-order chi connectivity index (χ1) is 14.7. The molecule has 0 bridgehead atoms. The van der Waals surface area contributed by atoms with E-state index in [1.807, 2.05) is 6.26 Å². The third-order valence-corrected chi connectivity index (χ3v) is 6.14. The van der Waals surface area contributed by atoms with E-state index in [1.54, 1.807) is 30.1 Å². The van der Waals surface area contributed by atoms with Crippen molar-refractivity contribution in [3.63, 3.8) is 0 Å². The molecule has 9 heteroatoms. The van der Waals surface area contributed by atoms with E-state index in [0.717, 1.165) is 53.2 Å². The molecule has 0 N–H and O–H groups in total. The summed E-state index contributed by atoms with van der Waals surface area (Å²) in [6, 6.07) is 0. The van der Waals surface area contributed by atoms with E-state index in [0.29, 0.717) is 43.7 Å². The highest BCUT2D eigenvalue weighted by atomic mass is 32.2. The van der Waals surface area contributed by atoms with Crippen LogP contribution in [-0.2, 0) is 17.7 Å². The SMILES string of the molecule is CCCCOC(=O)N1CCc2nc(-c3c(OC)ncnc3C3CC3)nc(SC)c2C1. The van der Waals surface area contributed by atoms with Gasteiger partial charge in [-0.25, -0.2) is 24.7 Å². The Morgan fingerprint density at radius 2 is 2.13 bits per heavy atom. The summed E-state index contributed by atoms with van der Waals surface area (Å²) in [5.41, 5.74) is 3.72. The van der Waals surface area contributed by atoms with Gasteiger partial charge in [-0.15, -0.1) is 11.8 Å². The number of carbonyl (C=O) groups is 1. The number of nitrogens with zero attached hydrogens (tertiary/aromatic N) is 5. The number of hydrogen-bond donors (Lipinski definition) is 0. The molecule has 1 fully saturated rings. The van der Waals surface area contributed by atoms with Crippen molar-refractivity contribution >= 4 is 17.9 Å². The van der Waals surface area contributed by atoms with Gasteiger partial charge in [0, 0.05) is 24.4 Å². The molecular weight excluding hydrogens is 402 g/mol. The van der Waals surface area contributed by atoms with Crippen LogP contribution in [0, 0.1) is 0 Å². The molecule has 160 valence electrons. The Labute approximate surface area is 180 Å². The van der Waals surface area contributed by atoms with Gasteiger partial charge in [0.25, 0.3) is 0 Å². The lowest BCUT2D eigenvalue weighted by Gasteiger charge is -2.29. The maximum Gasteiger partial charge on any atom is 0.410 e. The fourth-order valence-electron chi connectivity index (χ4n) is 3.63. The molecule has 30 heavy (non-hydrogen) atoms. The molecule has 1 aliphatic carbocycles. The maximum atomic E-state index is 12.4. The average molecular weight is 430 g/mol. The van der Waals surface area contributed by atoms with E-state index in [-0.39, 0.29) is 6.09 Å². The van der Waals surface area contributed by atoms with Crippen molar-refractivity contribution in [2.75, 3.05) is 26.5 Å². The van der Waals surface area contributed by atoms with Crippen LogP contribution in [0.3, 0.4) is 0 Å². The summed E-state index contributed by atoms with van der Waals surface area (Å²) in [4.78, 5) is 32.7. The molecule has 2 aromatic heterocycles. The second-order valence-electron chi connectivity index (χ2n) is 7.54. The Morgan fingerprint density at radius 3 is 2.83 bits per heavy atom. The van der Waals surface area contributed by atoms with Gasteiger partial charge >= 0.3 is 6.09 Å². The highest BCUT2D eigenvalue weighted by molar-refractivity contribution is 7.98. The zero-order valence-electron chi connectivity index (χ0n) is 17.7. The molecule has 4 rings (SSSR count). The van der Waals surface area contributed by atoms with Crippen molar-refractivity contribution in [1.29, 1.82) is 0 Å². The molecule has 8 nitrogen and oxygen atoms in total. The second kappa shape index (κ2) is 9.16. The van der Waals surface area contributed by atoms with Crippen LogP contribution >= 0.6 is 11.8 Å². The number of fused-ring (bicyclic) bond motifs is 1. The van der Waals surface area contributed by atoms with Gasteiger partial charge in [0.05, 0.1) is 31.6 Å². The second-order valence-corrected chi connectivity index (χ2v) is 8.33. The third kappa shape index (κ3) is 4.21. The zero-order valence-corrected chi connectivity index (χ0v) is 18.5. The van der Waals surface area contributed by atoms with Gasteiger partial charge in [-0.2, -0.15) is 0 Å². The number of aromatic nitrogens is 4. The van der Waals surface area contributed by atoms with Gasteiger partial charge in [-0.05, 0) is 25.5 Å². The molecule has 0 saturated heterocycles. The highest BCUT2D eigenvalue weighted by Crippen LogP contribution is 2.45. The monoisotopic (exact) mass is 429 g/mol. The first-order valence-electron chi connectivity index (χ1n) is 10.4. The predicted molar refractivity (Wildman–Crippen MR) is 114 cm³/mol. The normalized spacial score (nSPS) is 15.6. The molecule has 0 spiro atoms. The van der Waals surface area contributed by atoms with E-state index in [4.69, 9.17) is 19.4 Å². The van der Waals surface area contributed by atoms with Crippen LogP contribution < -0.4 is 4.74 Å². The van der Waals surface area contributed by atoms with E-state index in [1.165, 1.54) is 0 Å². The van der Waals surface area contributed by atoms with Gasteiger partial charge < -0.3 is 14.4 Å². The molecule has 2 aliphatic rings. The number of carbonyl (C=O) groups excluding carboxylic acids is 1. The standard InChI is InChI=1S/C21H27N5O3S/c1-4-5-10-29-21(27)26-9-8-15-14(11-26)20(30-3)25-18(24-15)16-17(13-6-7-13)22-12-23-19(16)28-2/h12-13H,4-11H2,1-3H3. The average Bonchev–Trinajstić information content (AvgIpc) is 3.62. The number of methoxy groups -OCH3 is 1. The Bertz CT molecular complexity index is 918. The lowest BCUT2D eigenvalue weighted by Crippen LogP contribution is -2.37. The lowest BCUT2D eigenvalue weighted by atomic mass is 10.1. The van der Waals surface area contributed by atoms with Crippen molar-refractivity contribution in [2.24, 2.45) is 0 Å². The Balaban J connectivity index is 1.66. The maximum absolute atomic E-state index is 12.4. The largest absolute Gasteiger partial charge is 0.480 e. The van der Waals surface area contributed by atoms with Crippen LogP contribution in [0.25, 0.3) is 11.4 Å². The molecule has 1 saturated carbocycles. The molecule has 2 aromatic rings. The predicted octanol–water partition coefficient (Wildman–Crippen LogP) is 3.84. The molecule has 0 radical (unpaired) electrons.